The number of carbonyl (C=O) groups is 1. The Bertz CT molecular complexity index is 672. The monoisotopic (exact) mass is 418 g/mol. The molecule has 0 fully saturated rings. The molecule has 2 aromatic carbocycles. The largest absolute Gasteiger partial charge is 0.478 e. The minimum atomic E-state index is -1.11. The van der Waals surface area contributed by atoms with Crippen LogP contribution in [0.1, 0.15) is 10.4 Å². The van der Waals surface area contributed by atoms with Crippen LogP contribution in [0.5, 0.6) is 0 Å². The van der Waals surface area contributed by atoms with Crippen LogP contribution in [0.25, 0.3) is 0 Å². The van der Waals surface area contributed by atoms with Crippen LogP contribution < -0.4 is 11.1 Å². The van der Waals surface area contributed by atoms with Gasteiger partial charge in [0.25, 0.3) is 0 Å². The van der Waals surface area contributed by atoms with Crippen LogP contribution in [-0.2, 0) is 0 Å². The highest BCUT2D eigenvalue weighted by Crippen LogP contribution is 2.37. The summed E-state index contributed by atoms with van der Waals surface area (Å²) in [6, 6.07) is 8.38. The molecule has 7 heteroatoms. The van der Waals surface area contributed by atoms with E-state index >= 15 is 0 Å². The van der Waals surface area contributed by atoms with Crippen LogP contribution in [0.3, 0.4) is 0 Å². The second-order valence-electron chi connectivity index (χ2n) is 3.95. The van der Waals surface area contributed by atoms with Crippen molar-refractivity contribution in [2.24, 2.45) is 0 Å². The highest BCUT2D eigenvalue weighted by Gasteiger charge is 2.17. The van der Waals surface area contributed by atoms with Gasteiger partial charge in [-0.15, -0.1) is 0 Å². The average Bonchev–Trinajstić information content (AvgIpc) is 2.35. The number of carboxylic acids is 1. The molecular formula is C13H9Br2ClN2O2. The molecule has 0 radical (unpaired) electrons. The smallest absolute Gasteiger partial charge is 0.337 e. The van der Waals surface area contributed by atoms with Crippen molar-refractivity contribution in [2.45, 2.75) is 0 Å². The maximum atomic E-state index is 11.3. The average molecular weight is 420 g/mol. The summed E-state index contributed by atoms with van der Waals surface area (Å²) in [7, 11) is 0. The first-order valence-electron chi connectivity index (χ1n) is 5.43. The molecule has 2 aromatic rings. The van der Waals surface area contributed by atoms with Crippen molar-refractivity contribution < 1.29 is 9.90 Å². The van der Waals surface area contributed by atoms with Crippen LogP contribution in [0, 0.1) is 0 Å². The van der Waals surface area contributed by atoms with Crippen molar-refractivity contribution in [1.82, 2.24) is 0 Å². The Morgan fingerprint density at radius 2 is 1.80 bits per heavy atom. The van der Waals surface area contributed by atoms with Crippen LogP contribution in [-0.4, -0.2) is 11.1 Å². The summed E-state index contributed by atoms with van der Waals surface area (Å²) in [4.78, 5) is 11.3. The number of benzene rings is 2. The van der Waals surface area contributed by atoms with E-state index in [1.807, 2.05) is 18.2 Å². The van der Waals surface area contributed by atoms with E-state index in [4.69, 9.17) is 17.3 Å². The number of hydrogen-bond acceptors (Lipinski definition) is 3. The normalized spacial score (nSPS) is 10.3. The van der Waals surface area contributed by atoms with E-state index in [1.165, 1.54) is 12.1 Å². The fourth-order valence-electron chi connectivity index (χ4n) is 1.67. The number of nitrogens with one attached hydrogen (secondary N) is 1. The molecule has 4 N–H and O–H groups in total. The van der Waals surface area contributed by atoms with Crippen molar-refractivity contribution in [2.75, 3.05) is 11.1 Å². The fraction of sp³-hybridized carbons (Fsp3) is 0. The summed E-state index contributed by atoms with van der Waals surface area (Å²) in [5.74, 6) is -1.11. The van der Waals surface area contributed by atoms with Gasteiger partial charge < -0.3 is 16.2 Å². The Hall–Kier alpha value is -1.24. The van der Waals surface area contributed by atoms with Gasteiger partial charge in [0.15, 0.2) is 0 Å². The molecule has 104 valence electrons. The lowest BCUT2D eigenvalue weighted by Gasteiger charge is -2.15. The molecule has 0 spiro atoms. The Balaban J connectivity index is 2.56. The molecule has 0 saturated heterocycles. The topological polar surface area (TPSA) is 75.3 Å². The molecular weight excluding hydrogens is 411 g/mol. The molecule has 20 heavy (non-hydrogen) atoms. The van der Waals surface area contributed by atoms with E-state index in [-0.39, 0.29) is 10.6 Å². The number of anilines is 3. The van der Waals surface area contributed by atoms with Crippen LogP contribution in [0.2, 0.25) is 5.02 Å². The van der Waals surface area contributed by atoms with Gasteiger partial charge in [0.1, 0.15) is 0 Å². The lowest BCUT2D eigenvalue weighted by Crippen LogP contribution is -2.05. The van der Waals surface area contributed by atoms with Crippen LogP contribution in [0.4, 0.5) is 17.1 Å². The lowest BCUT2D eigenvalue weighted by molar-refractivity contribution is 0.0698. The van der Waals surface area contributed by atoms with E-state index in [2.05, 4.69) is 37.2 Å². The SMILES string of the molecule is Nc1cc(Cl)c(Nc2c(Br)cccc2Br)c(C(=O)O)c1. The predicted octanol–water partition coefficient (Wildman–Crippen LogP) is 4.89. The lowest BCUT2D eigenvalue weighted by atomic mass is 10.1. The van der Waals surface area contributed by atoms with E-state index in [0.29, 0.717) is 17.1 Å². The molecule has 0 atom stereocenters. The van der Waals surface area contributed by atoms with Gasteiger partial charge in [0.05, 0.1) is 22.0 Å². The Morgan fingerprint density at radius 3 is 2.35 bits per heavy atom. The van der Waals surface area contributed by atoms with E-state index in [0.717, 1.165) is 8.95 Å². The first-order valence-corrected chi connectivity index (χ1v) is 7.40. The fourth-order valence-corrected chi connectivity index (χ4v) is 3.14. The zero-order valence-corrected chi connectivity index (χ0v) is 13.9. The van der Waals surface area contributed by atoms with Gasteiger partial charge in [-0.2, -0.15) is 0 Å². The Labute approximate surface area is 137 Å². The third-order valence-corrected chi connectivity index (χ3v) is 4.18. The van der Waals surface area contributed by atoms with Crippen molar-refractivity contribution in [3.63, 3.8) is 0 Å². The number of aromatic carboxylic acids is 1. The van der Waals surface area contributed by atoms with Crippen molar-refractivity contribution >= 4 is 66.5 Å². The van der Waals surface area contributed by atoms with Crippen molar-refractivity contribution in [3.8, 4) is 0 Å². The molecule has 0 unspecified atom stereocenters. The number of nitrogens with two attached hydrogens (primary N) is 1. The van der Waals surface area contributed by atoms with Gasteiger partial charge in [-0.05, 0) is 56.1 Å². The second-order valence-corrected chi connectivity index (χ2v) is 6.07. The summed E-state index contributed by atoms with van der Waals surface area (Å²) in [5.41, 5.74) is 6.91. The van der Waals surface area contributed by atoms with Gasteiger partial charge >= 0.3 is 5.97 Å². The molecule has 0 aliphatic heterocycles. The predicted molar refractivity (Wildman–Crippen MR) is 87.9 cm³/mol. The van der Waals surface area contributed by atoms with E-state index in [1.54, 1.807) is 0 Å². The van der Waals surface area contributed by atoms with Gasteiger partial charge in [-0.3, -0.25) is 0 Å². The number of rotatable bonds is 3. The highest BCUT2D eigenvalue weighted by molar-refractivity contribution is 9.11. The minimum Gasteiger partial charge on any atom is -0.478 e. The first-order chi connectivity index (χ1) is 9.40. The zero-order valence-electron chi connectivity index (χ0n) is 9.95. The van der Waals surface area contributed by atoms with E-state index in [9.17, 15) is 9.90 Å². The molecule has 2 rings (SSSR count). The zero-order chi connectivity index (χ0) is 14.9. The maximum absolute atomic E-state index is 11.3. The second kappa shape index (κ2) is 6.03. The number of halogens is 3. The summed E-state index contributed by atoms with van der Waals surface area (Å²) in [6.07, 6.45) is 0. The minimum absolute atomic E-state index is 0.0117. The standard InChI is InChI=1S/C13H9Br2ClN2O2/c14-8-2-1-3-9(15)12(8)18-11-7(13(19)20)4-6(17)5-10(11)16/h1-5,18H,17H2,(H,19,20). The summed E-state index contributed by atoms with van der Waals surface area (Å²) in [6.45, 7) is 0. The molecule has 4 nitrogen and oxygen atoms in total. The highest BCUT2D eigenvalue weighted by atomic mass is 79.9. The van der Waals surface area contributed by atoms with Gasteiger partial charge in [-0.1, -0.05) is 17.7 Å². The third-order valence-electron chi connectivity index (χ3n) is 2.56. The van der Waals surface area contributed by atoms with Crippen LogP contribution >= 0.6 is 43.5 Å². The molecule has 0 bridgehead atoms. The molecule has 0 amide bonds. The van der Waals surface area contributed by atoms with Gasteiger partial charge in [0, 0.05) is 14.6 Å². The molecule has 0 aliphatic carbocycles. The molecule has 0 heterocycles. The number of para-hydroxylation sites is 1. The maximum Gasteiger partial charge on any atom is 0.337 e. The Morgan fingerprint density at radius 1 is 1.20 bits per heavy atom. The number of hydrogen-bond donors (Lipinski definition) is 3. The summed E-state index contributed by atoms with van der Waals surface area (Å²) in [5, 5.41) is 12.5. The van der Waals surface area contributed by atoms with Gasteiger partial charge in [-0.25, -0.2) is 4.79 Å². The number of carboxylic acid groups (broad SMARTS) is 1. The van der Waals surface area contributed by atoms with Crippen LogP contribution in [0.15, 0.2) is 39.3 Å². The van der Waals surface area contributed by atoms with Crippen molar-refractivity contribution in [3.05, 3.63) is 49.9 Å². The number of nitrogen functional groups attached to an aromatic ring is 1. The van der Waals surface area contributed by atoms with E-state index < -0.39 is 5.97 Å². The Kier molecular flexibility index (Phi) is 4.57. The first kappa shape index (κ1) is 15.2. The molecule has 0 aliphatic rings. The quantitative estimate of drug-likeness (QED) is 0.618. The molecule has 0 aromatic heterocycles. The summed E-state index contributed by atoms with van der Waals surface area (Å²) < 4.78 is 1.55. The molecule has 0 saturated carbocycles. The van der Waals surface area contributed by atoms with Crippen molar-refractivity contribution in [1.29, 1.82) is 0 Å². The third kappa shape index (κ3) is 3.08. The van der Waals surface area contributed by atoms with Gasteiger partial charge in [0.2, 0.25) is 0 Å². The summed E-state index contributed by atoms with van der Waals surface area (Å²) >= 11 is 12.9.